The first-order chi connectivity index (χ1) is 17.1. The number of hydrogen-bond acceptors (Lipinski definition) is 4. The van der Waals surface area contributed by atoms with Crippen molar-refractivity contribution < 1.29 is 13.9 Å². The number of carbonyl (C=O) groups excluding carboxylic acids is 1. The van der Waals surface area contributed by atoms with E-state index in [1.54, 1.807) is 24.1 Å². The maximum Gasteiger partial charge on any atom is 0.257 e. The lowest BCUT2D eigenvalue weighted by Gasteiger charge is -2.29. The van der Waals surface area contributed by atoms with Gasteiger partial charge in [0.05, 0.1) is 23.9 Å². The molecule has 0 N–H and O–H groups in total. The molecule has 6 heteroatoms. The summed E-state index contributed by atoms with van der Waals surface area (Å²) in [5.74, 6) is 1.22. The number of ether oxygens (including phenoxy) is 1. The molecule has 2 aliphatic heterocycles. The molecule has 0 radical (unpaired) electrons. The molecule has 2 atom stereocenters. The van der Waals surface area contributed by atoms with E-state index in [0.717, 1.165) is 38.7 Å². The van der Waals surface area contributed by atoms with Gasteiger partial charge in [-0.3, -0.25) is 19.7 Å². The third-order valence-corrected chi connectivity index (χ3v) is 6.81. The van der Waals surface area contributed by atoms with E-state index >= 15 is 0 Å². The Kier molecular flexibility index (Phi) is 5.29. The summed E-state index contributed by atoms with van der Waals surface area (Å²) < 4.78 is 18.8. The normalized spacial score (nSPS) is 20.1. The van der Waals surface area contributed by atoms with Crippen molar-refractivity contribution in [1.82, 2.24) is 0 Å². The highest BCUT2D eigenvalue weighted by Crippen LogP contribution is 2.27. The highest BCUT2D eigenvalue weighted by atomic mass is 19.1. The second-order valence-corrected chi connectivity index (χ2v) is 9.03. The van der Waals surface area contributed by atoms with Gasteiger partial charge in [0.1, 0.15) is 23.7 Å². The van der Waals surface area contributed by atoms with Crippen LogP contribution < -0.4 is 15.5 Å². The van der Waals surface area contributed by atoms with Crippen LogP contribution in [-0.4, -0.2) is 30.9 Å². The molecule has 0 spiro atoms. The van der Waals surface area contributed by atoms with Crippen LogP contribution in [0.2, 0.25) is 0 Å². The molecule has 1 aliphatic carbocycles. The number of anilines is 1. The van der Waals surface area contributed by atoms with Gasteiger partial charge in [0.15, 0.2) is 0 Å². The molecule has 0 saturated heterocycles. The zero-order chi connectivity index (χ0) is 23.9. The number of fused-ring (bicyclic) bond motifs is 5. The average Bonchev–Trinajstić information content (AvgIpc) is 3.22. The summed E-state index contributed by atoms with van der Waals surface area (Å²) in [4.78, 5) is 25.5. The van der Waals surface area contributed by atoms with Gasteiger partial charge >= 0.3 is 0 Å². The number of benzene rings is 3. The lowest BCUT2D eigenvalue weighted by molar-refractivity contribution is -0.118. The number of nitrogens with zero attached hydrogens (tertiary/aromatic N) is 3. The molecular formula is C29H24FN3O2. The topological polar surface area (TPSA) is 54.3 Å². The predicted octanol–water partition coefficient (Wildman–Crippen LogP) is 3.29. The maximum absolute atomic E-state index is 13.7. The highest BCUT2D eigenvalue weighted by Gasteiger charge is 2.42. The van der Waals surface area contributed by atoms with Crippen LogP contribution in [0.5, 0.6) is 0 Å². The second kappa shape index (κ2) is 8.62. The number of hydrogen-bond donors (Lipinski definition) is 0. The molecule has 3 aromatic rings. The first-order valence-electron chi connectivity index (χ1n) is 11.8. The molecule has 3 aliphatic rings. The zero-order valence-electron chi connectivity index (χ0n) is 19.3. The quantitative estimate of drug-likeness (QED) is 0.581. The van der Waals surface area contributed by atoms with E-state index in [2.05, 4.69) is 12.1 Å². The molecule has 2 unspecified atom stereocenters. The van der Waals surface area contributed by atoms with Gasteiger partial charge < -0.3 is 4.74 Å². The van der Waals surface area contributed by atoms with E-state index in [9.17, 15) is 9.18 Å². The van der Waals surface area contributed by atoms with E-state index in [1.165, 1.54) is 12.1 Å². The minimum absolute atomic E-state index is 0.0672. The Morgan fingerprint density at radius 2 is 1.66 bits per heavy atom. The Morgan fingerprint density at radius 1 is 0.914 bits per heavy atom. The van der Waals surface area contributed by atoms with E-state index in [-0.39, 0.29) is 17.8 Å². The van der Waals surface area contributed by atoms with Crippen molar-refractivity contribution in [3.63, 3.8) is 0 Å². The molecule has 35 heavy (non-hydrogen) atoms. The summed E-state index contributed by atoms with van der Waals surface area (Å²) in [6.45, 7) is 0. The molecule has 0 bridgehead atoms. The Labute approximate surface area is 202 Å². The SMILES string of the molecule is COC1=CC=c2c(ccc3c2=NC(Cc2ccccc2)C2=NC(Cc4ccc(F)cc4)C(=O)N23)C1. The van der Waals surface area contributed by atoms with Gasteiger partial charge in [-0.05, 0) is 47.0 Å². The van der Waals surface area contributed by atoms with Gasteiger partial charge in [-0.1, -0.05) is 48.5 Å². The second-order valence-electron chi connectivity index (χ2n) is 9.03. The monoisotopic (exact) mass is 465 g/mol. The van der Waals surface area contributed by atoms with E-state index in [0.29, 0.717) is 25.1 Å². The van der Waals surface area contributed by atoms with E-state index < -0.39 is 6.04 Å². The minimum atomic E-state index is -0.560. The molecule has 5 nitrogen and oxygen atoms in total. The van der Waals surface area contributed by atoms with Crippen LogP contribution in [0.25, 0.3) is 6.08 Å². The first kappa shape index (κ1) is 21.5. The third kappa shape index (κ3) is 3.85. The zero-order valence-corrected chi connectivity index (χ0v) is 19.3. The molecule has 0 saturated carbocycles. The number of carbonyl (C=O) groups is 1. The summed E-state index contributed by atoms with van der Waals surface area (Å²) in [5, 5.41) is 1.85. The number of methoxy groups -OCH3 is 1. The minimum Gasteiger partial charge on any atom is -0.501 e. The third-order valence-electron chi connectivity index (χ3n) is 6.81. The Morgan fingerprint density at radius 3 is 2.43 bits per heavy atom. The molecule has 0 aromatic heterocycles. The standard InChI is InChI=1S/C29H24FN3O2/c1-35-22-12-13-23-20(17-22)9-14-26-27(23)31-24(15-18-5-3-2-4-6-18)28-32-25(29(34)33(26)28)16-19-7-10-21(30)11-8-19/h2-14,24-25H,15-17H2,1H3. The first-order valence-corrected chi connectivity index (χ1v) is 11.8. The summed E-state index contributed by atoms with van der Waals surface area (Å²) in [7, 11) is 1.68. The van der Waals surface area contributed by atoms with Gasteiger partial charge in [-0.15, -0.1) is 0 Å². The average molecular weight is 466 g/mol. The molecule has 6 rings (SSSR count). The van der Waals surface area contributed by atoms with E-state index in [4.69, 9.17) is 14.7 Å². The molecule has 1 amide bonds. The van der Waals surface area contributed by atoms with Crippen LogP contribution in [0, 0.1) is 5.82 Å². The van der Waals surface area contributed by atoms with E-state index in [1.807, 2.05) is 42.5 Å². The lowest BCUT2D eigenvalue weighted by atomic mass is 9.98. The number of amidine groups is 1. The largest absolute Gasteiger partial charge is 0.501 e. The predicted molar refractivity (Wildman–Crippen MR) is 133 cm³/mol. The van der Waals surface area contributed by atoms with Crippen LogP contribution in [0.4, 0.5) is 10.1 Å². The molecular weight excluding hydrogens is 441 g/mol. The number of halogens is 1. The molecule has 174 valence electrons. The number of rotatable bonds is 5. The summed E-state index contributed by atoms with van der Waals surface area (Å²) in [6.07, 6.45) is 5.75. The molecule has 3 aromatic carbocycles. The summed E-state index contributed by atoms with van der Waals surface area (Å²) in [5.41, 5.74) is 3.91. The maximum atomic E-state index is 13.7. The van der Waals surface area contributed by atoms with Gasteiger partial charge in [0.2, 0.25) is 0 Å². The fraction of sp³-hybridized carbons (Fsp3) is 0.207. The Hall–Kier alpha value is -4.06. The van der Waals surface area contributed by atoms with Crippen molar-refractivity contribution in [2.24, 2.45) is 9.98 Å². The van der Waals surface area contributed by atoms with Gasteiger partial charge in [0.25, 0.3) is 5.91 Å². The van der Waals surface area contributed by atoms with Crippen LogP contribution in [0.3, 0.4) is 0 Å². The van der Waals surface area contributed by atoms with Crippen molar-refractivity contribution in [3.05, 3.63) is 112 Å². The number of amides is 1. The molecule has 0 fully saturated rings. The fourth-order valence-electron chi connectivity index (χ4n) is 5.03. The smallest absolute Gasteiger partial charge is 0.257 e. The number of aliphatic imine (C=N–C) groups is 1. The van der Waals surface area contributed by atoms with Crippen LogP contribution >= 0.6 is 0 Å². The van der Waals surface area contributed by atoms with Crippen molar-refractivity contribution in [2.45, 2.75) is 31.3 Å². The van der Waals surface area contributed by atoms with Crippen molar-refractivity contribution in [3.8, 4) is 0 Å². The molecule has 2 heterocycles. The van der Waals surface area contributed by atoms with Gasteiger partial charge in [0, 0.05) is 24.5 Å². The summed E-state index contributed by atoms with van der Waals surface area (Å²) >= 11 is 0. The highest BCUT2D eigenvalue weighted by molar-refractivity contribution is 6.25. The van der Waals surface area contributed by atoms with Crippen LogP contribution in [0.15, 0.2) is 88.6 Å². The van der Waals surface area contributed by atoms with Crippen molar-refractivity contribution in [2.75, 3.05) is 12.0 Å². The fourth-order valence-corrected chi connectivity index (χ4v) is 5.03. The van der Waals surface area contributed by atoms with Crippen LogP contribution in [-0.2, 0) is 28.8 Å². The van der Waals surface area contributed by atoms with Gasteiger partial charge in [-0.25, -0.2) is 4.39 Å². The van der Waals surface area contributed by atoms with Crippen molar-refractivity contribution >= 4 is 23.5 Å². The van der Waals surface area contributed by atoms with Crippen LogP contribution in [0.1, 0.15) is 16.7 Å². The Bertz CT molecular complexity index is 1490. The van der Waals surface area contributed by atoms with Crippen molar-refractivity contribution in [1.29, 1.82) is 0 Å². The number of allylic oxidation sites excluding steroid dienone is 2. The Balaban J connectivity index is 1.46. The summed E-state index contributed by atoms with van der Waals surface area (Å²) in [6, 6.07) is 19.6. The lowest BCUT2D eigenvalue weighted by Crippen LogP contribution is -2.51. The van der Waals surface area contributed by atoms with Gasteiger partial charge in [-0.2, -0.15) is 0 Å².